The zero-order chi connectivity index (χ0) is 18.9. The van der Waals surface area contributed by atoms with Crippen LogP contribution in [0.4, 0.5) is 4.39 Å². The van der Waals surface area contributed by atoms with Gasteiger partial charge in [0.25, 0.3) is 5.91 Å². The highest BCUT2D eigenvalue weighted by molar-refractivity contribution is 6.63. The molecule has 0 atom stereocenters. The van der Waals surface area contributed by atoms with Crippen molar-refractivity contribution in [2.24, 2.45) is 0 Å². The quantitative estimate of drug-likeness (QED) is 0.858. The van der Waals surface area contributed by atoms with Crippen molar-refractivity contribution in [1.29, 1.82) is 0 Å². The van der Waals surface area contributed by atoms with E-state index in [1.807, 2.05) is 58.0 Å². The number of rotatable bonds is 4. The number of hydrogen-bond donors (Lipinski definition) is 1. The molecule has 1 aliphatic rings. The van der Waals surface area contributed by atoms with E-state index < -0.39 is 24.1 Å². The number of carbonyl (C=O) groups is 1. The maximum absolute atomic E-state index is 13.8. The van der Waals surface area contributed by atoms with Crippen LogP contribution in [-0.2, 0) is 15.9 Å². The zero-order valence-corrected chi connectivity index (χ0v) is 15.5. The summed E-state index contributed by atoms with van der Waals surface area (Å²) in [5.41, 5.74) is 0.637. The fourth-order valence-electron chi connectivity index (χ4n) is 2.77. The Morgan fingerprint density at radius 1 is 1.04 bits per heavy atom. The number of nitrogens with one attached hydrogen (secondary N) is 1. The van der Waals surface area contributed by atoms with Crippen molar-refractivity contribution >= 4 is 18.5 Å². The molecule has 1 N–H and O–H groups in total. The van der Waals surface area contributed by atoms with Crippen LogP contribution in [0.25, 0.3) is 0 Å². The van der Waals surface area contributed by atoms with Crippen LogP contribution >= 0.6 is 0 Å². The van der Waals surface area contributed by atoms with Gasteiger partial charge in [-0.25, -0.2) is 4.39 Å². The summed E-state index contributed by atoms with van der Waals surface area (Å²) < 4.78 is 25.8. The lowest BCUT2D eigenvalue weighted by molar-refractivity contribution is 0.00578. The number of halogens is 1. The number of carbonyl (C=O) groups excluding carboxylic acids is 1. The van der Waals surface area contributed by atoms with Gasteiger partial charge in [-0.2, -0.15) is 0 Å². The summed E-state index contributed by atoms with van der Waals surface area (Å²) in [6, 6.07) is 13.6. The first-order chi connectivity index (χ1) is 12.2. The second-order valence-corrected chi connectivity index (χ2v) is 7.49. The Balaban J connectivity index is 1.84. The molecule has 0 bridgehead atoms. The lowest BCUT2D eigenvalue weighted by Crippen LogP contribution is -2.41. The van der Waals surface area contributed by atoms with Crippen LogP contribution in [0, 0.1) is 5.82 Å². The molecular formula is C20H23BFNO3. The van der Waals surface area contributed by atoms with Crippen LogP contribution in [0.15, 0.2) is 48.5 Å². The number of benzene rings is 2. The third-order valence-corrected chi connectivity index (χ3v) is 5.06. The highest BCUT2D eigenvalue weighted by atomic mass is 19.1. The minimum atomic E-state index is -0.724. The van der Waals surface area contributed by atoms with Gasteiger partial charge in [-0.1, -0.05) is 36.4 Å². The molecule has 26 heavy (non-hydrogen) atoms. The summed E-state index contributed by atoms with van der Waals surface area (Å²) in [7, 11) is -0.724. The van der Waals surface area contributed by atoms with E-state index in [2.05, 4.69) is 5.32 Å². The van der Waals surface area contributed by atoms with Crippen molar-refractivity contribution < 1.29 is 18.5 Å². The van der Waals surface area contributed by atoms with Gasteiger partial charge in [0.2, 0.25) is 0 Å². The summed E-state index contributed by atoms with van der Waals surface area (Å²) in [5.74, 6) is -0.840. The normalized spacial score (nSPS) is 18.0. The molecule has 3 rings (SSSR count). The predicted octanol–water partition coefficient (Wildman–Crippen LogP) is 3.05. The standard InChI is InChI=1S/C20H23BFNO3/c1-19(2)20(3,4)26-21(25-19)17-11-10-15(22)12-16(17)18(24)23-13-14-8-6-5-7-9-14/h5-12H,13H2,1-4H3,(H,23,24). The van der Waals surface area contributed by atoms with Crippen molar-refractivity contribution in [3.63, 3.8) is 0 Å². The third kappa shape index (κ3) is 3.66. The summed E-state index contributed by atoms with van der Waals surface area (Å²) >= 11 is 0. The SMILES string of the molecule is CC1(C)OB(c2ccc(F)cc2C(=O)NCc2ccccc2)OC1(C)C. The summed E-state index contributed by atoms with van der Waals surface area (Å²) in [6.45, 7) is 8.10. The van der Waals surface area contributed by atoms with Gasteiger partial charge in [-0.05, 0) is 50.9 Å². The highest BCUT2D eigenvalue weighted by Crippen LogP contribution is 2.36. The van der Waals surface area contributed by atoms with E-state index in [0.29, 0.717) is 12.0 Å². The van der Waals surface area contributed by atoms with Crippen LogP contribution in [0.1, 0.15) is 43.6 Å². The molecule has 1 saturated heterocycles. The van der Waals surface area contributed by atoms with Gasteiger partial charge >= 0.3 is 7.12 Å². The minimum absolute atomic E-state index is 0.222. The van der Waals surface area contributed by atoms with Crippen LogP contribution in [0.3, 0.4) is 0 Å². The summed E-state index contributed by atoms with van der Waals surface area (Å²) in [5, 5.41) is 2.83. The molecular weight excluding hydrogens is 332 g/mol. The maximum Gasteiger partial charge on any atom is 0.495 e. The van der Waals surface area contributed by atoms with E-state index in [1.165, 1.54) is 12.1 Å². The molecule has 1 heterocycles. The van der Waals surface area contributed by atoms with E-state index in [0.717, 1.165) is 5.56 Å². The molecule has 136 valence electrons. The Kier molecular flexibility index (Phi) is 4.91. The smallest absolute Gasteiger partial charge is 0.399 e. The second-order valence-electron chi connectivity index (χ2n) is 7.49. The van der Waals surface area contributed by atoms with Crippen molar-refractivity contribution in [3.8, 4) is 0 Å². The molecule has 0 radical (unpaired) electrons. The van der Waals surface area contributed by atoms with Crippen LogP contribution in [-0.4, -0.2) is 24.2 Å². The Morgan fingerprint density at radius 2 is 1.65 bits per heavy atom. The Bertz CT molecular complexity index is 792. The molecule has 0 aromatic heterocycles. The molecule has 0 unspecified atom stereocenters. The molecule has 1 aliphatic heterocycles. The third-order valence-electron chi connectivity index (χ3n) is 5.06. The fraction of sp³-hybridized carbons (Fsp3) is 0.350. The molecule has 0 aliphatic carbocycles. The van der Waals surface area contributed by atoms with Crippen LogP contribution in [0.5, 0.6) is 0 Å². The largest absolute Gasteiger partial charge is 0.495 e. The highest BCUT2D eigenvalue weighted by Gasteiger charge is 2.52. The topological polar surface area (TPSA) is 47.6 Å². The summed E-state index contributed by atoms with van der Waals surface area (Å²) in [6.07, 6.45) is 0. The first-order valence-electron chi connectivity index (χ1n) is 8.67. The monoisotopic (exact) mass is 355 g/mol. The van der Waals surface area contributed by atoms with Crippen molar-refractivity contribution in [1.82, 2.24) is 5.32 Å². The van der Waals surface area contributed by atoms with Crippen molar-refractivity contribution in [3.05, 3.63) is 65.5 Å². The van der Waals surface area contributed by atoms with E-state index >= 15 is 0 Å². The first-order valence-corrected chi connectivity index (χ1v) is 8.67. The average molecular weight is 355 g/mol. The second kappa shape index (κ2) is 6.85. The Hall–Kier alpha value is -2.18. The first kappa shape index (κ1) is 18.6. The van der Waals surface area contributed by atoms with Crippen LogP contribution in [0.2, 0.25) is 0 Å². The molecule has 1 fully saturated rings. The summed E-state index contributed by atoms with van der Waals surface area (Å²) in [4.78, 5) is 12.7. The minimum Gasteiger partial charge on any atom is -0.399 e. The van der Waals surface area contributed by atoms with Crippen molar-refractivity contribution in [2.75, 3.05) is 0 Å². The van der Waals surface area contributed by atoms with Gasteiger partial charge in [-0.15, -0.1) is 0 Å². The predicted molar refractivity (Wildman–Crippen MR) is 99.7 cm³/mol. The van der Waals surface area contributed by atoms with Crippen molar-refractivity contribution in [2.45, 2.75) is 45.4 Å². The van der Waals surface area contributed by atoms with E-state index in [4.69, 9.17) is 9.31 Å². The Labute approximate surface area is 153 Å². The molecule has 1 amide bonds. The van der Waals surface area contributed by atoms with Gasteiger partial charge < -0.3 is 14.6 Å². The Morgan fingerprint density at radius 3 is 2.27 bits per heavy atom. The fourth-order valence-corrected chi connectivity index (χ4v) is 2.77. The lowest BCUT2D eigenvalue weighted by Gasteiger charge is -2.32. The van der Waals surface area contributed by atoms with E-state index in [-0.39, 0.29) is 11.5 Å². The van der Waals surface area contributed by atoms with Gasteiger partial charge in [0.15, 0.2) is 0 Å². The van der Waals surface area contributed by atoms with Gasteiger partial charge in [-0.3, -0.25) is 4.79 Å². The molecule has 4 nitrogen and oxygen atoms in total. The van der Waals surface area contributed by atoms with Gasteiger partial charge in [0, 0.05) is 12.1 Å². The zero-order valence-electron chi connectivity index (χ0n) is 15.5. The van der Waals surface area contributed by atoms with Crippen LogP contribution < -0.4 is 10.8 Å². The van der Waals surface area contributed by atoms with Gasteiger partial charge in [0.1, 0.15) is 5.82 Å². The maximum atomic E-state index is 13.8. The van der Waals surface area contributed by atoms with E-state index in [9.17, 15) is 9.18 Å². The molecule has 2 aromatic carbocycles. The molecule has 6 heteroatoms. The van der Waals surface area contributed by atoms with E-state index in [1.54, 1.807) is 6.07 Å². The average Bonchev–Trinajstić information content (AvgIpc) is 2.81. The molecule has 0 saturated carbocycles. The number of amides is 1. The van der Waals surface area contributed by atoms with Gasteiger partial charge in [0.05, 0.1) is 11.2 Å². The molecule has 0 spiro atoms. The number of hydrogen-bond acceptors (Lipinski definition) is 3. The lowest BCUT2D eigenvalue weighted by atomic mass is 9.75. The molecule has 2 aromatic rings.